The molecule has 21 heavy (non-hydrogen) atoms. The molecule has 0 radical (unpaired) electrons. The third-order valence-corrected chi connectivity index (χ3v) is 3.60. The Morgan fingerprint density at radius 3 is 2.71 bits per heavy atom. The van der Waals surface area contributed by atoms with Gasteiger partial charge in [-0.05, 0) is 37.6 Å². The molecule has 2 heterocycles. The van der Waals surface area contributed by atoms with Crippen LogP contribution in [0.4, 0.5) is 5.95 Å². The Hall–Kier alpha value is -2.56. The van der Waals surface area contributed by atoms with Crippen LogP contribution in [-0.2, 0) is 6.54 Å². The number of nitrogens with zero attached hydrogens (tertiary/aromatic N) is 3. The highest BCUT2D eigenvalue weighted by Gasteiger charge is 2.13. The van der Waals surface area contributed by atoms with Crippen LogP contribution in [0.2, 0.25) is 0 Å². The minimum atomic E-state index is 0.206. The normalized spacial score (nSPS) is 11.0. The van der Waals surface area contributed by atoms with Crippen molar-refractivity contribution in [3.05, 3.63) is 47.3 Å². The van der Waals surface area contributed by atoms with Gasteiger partial charge in [0.25, 0.3) is 0 Å². The number of hydrogen-bond acceptors (Lipinski definition) is 4. The number of aryl methyl sites for hydroxylation is 2. The molecule has 2 aromatic heterocycles. The zero-order valence-corrected chi connectivity index (χ0v) is 12.4. The third kappa shape index (κ3) is 2.31. The lowest BCUT2D eigenvalue weighted by Gasteiger charge is -2.10. The molecule has 0 saturated heterocycles. The highest BCUT2D eigenvalue weighted by atomic mass is 16.3. The lowest BCUT2D eigenvalue weighted by Crippen LogP contribution is -2.07. The lowest BCUT2D eigenvalue weighted by atomic mass is 10.2. The minimum absolute atomic E-state index is 0.206. The molecule has 0 unspecified atom stereocenters. The van der Waals surface area contributed by atoms with Crippen molar-refractivity contribution in [1.29, 1.82) is 0 Å². The molecule has 0 amide bonds. The van der Waals surface area contributed by atoms with E-state index in [1.807, 2.05) is 43.7 Å². The molecule has 1 aromatic carbocycles. The molecule has 108 valence electrons. The van der Waals surface area contributed by atoms with Crippen molar-refractivity contribution in [3.63, 3.8) is 0 Å². The van der Waals surface area contributed by atoms with Crippen LogP contribution < -0.4 is 5.32 Å². The Labute approximate surface area is 123 Å². The largest absolute Gasteiger partial charge is 0.506 e. The maximum Gasteiger partial charge on any atom is 0.204 e. The second-order valence-corrected chi connectivity index (χ2v) is 5.13. The highest BCUT2D eigenvalue weighted by molar-refractivity contribution is 5.82. The maximum atomic E-state index is 10.0. The van der Waals surface area contributed by atoms with Gasteiger partial charge in [0.05, 0.1) is 17.6 Å². The van der Waals surface area contributed by atoms with Crippen molar-refractivity contribution >= 4 is 17.0 Å². The van der Waals surface area contributed by atoms with Gasteiger partial charge in [-0.1, -0.05) is 12.1 Å². The van der Waals surface area contributed by atoms with Crippen molar-refractivity contribution in [1.82, 2.24) is 14.5 Å². The van der Waals surface area contributed by atoms with Crippen LogP contribution in [0.15, 0.2) is 30.3 Å². The summed E-state index contributed by atoms with van der Waals surface area (Å²) in [6, 6.07) is 9.57. The molecule has 3 aromatic rings. The van der Waals surface area contributed by atoms with Gasteiger partial charge < -0.3 is 15.0 Å². The molecule has 3 rings (SSSR count). The van der Waals surface area contributed by atoms with Gasteiger partial charge >= 0.3 is 0 Å². The van der Waals surface area contributed by atoms with Crippen molar-refractivity contribution in [2.75, 3.05) is 12.4 Å². The molecule has 5 nitrogen and oxygen atoms in total. The fourth-order valence-corrected chi connectivity index (χ4v) is 2.51. The molecular weight excluding hydrogens is 264 g/mol. The number of rotatable bonds is 3. The van der Waals surface area contributed by atoms with Crippen LogP contribution in [0.1, 0.15) is 17.0 Å². The molecule has 0 bridgehead atoms. The van der Waals surface area contributed by atoms with Gasteiger partial charge in [-0.25, -0.2) is 4.98 Å². The van der Waals surface area contributed by atoms with Crippen LogP contribution in [0.25, 0.3) is 11.0 Å². The van der Waals surface area contributed by atoms with Crippen molar-refractivity contribution in [2.45, 2.75) is 20.4 Å². The van der Waals surface area contributed by atoms with E-state index in [0.717, 1.165) is 28.2 Å². The van der Waals surface area contributed by atoms with E-state index in [1.165, 1.54) is 0 Å². The highest BCUT2D eigenvalue weighted by Crippen LogP contribution is 2.25. The van der Waals surface area contributed by atoms with E-state index in [9.17, 15) is 5.11 Å². The second-order valence-electron chi connectivity index (χ2n) is 5.13. The summed E-state index contributed by atoms with van der Waals surface area (Å²) >= 11 is 0. The van der Waals surface area contributed by atoms with Crippen LogP contribution in [0.3, 0.4) is 0 Å². The predicted molar refractivity (Wildman–Crippen MR) is 83.8 cm³/mol. The molecule has 0 aliphatic rings. The summed E-state index contributed by atoms with van der Waals surface area (Å²) in [5.74, 6) is 0.971. The standard InChI is InChI=1S/C16H18N4O/c1-10-5-4-6-13-15(10)19-16(17-3)20(13)9-12-14(21)8-7-11(2)18-12/h4-8,21H,9H2,1-3H3,(H,17,19). The summed E-state index contributed by atoms with van der Waals surface area (Å²) in [5, 5.41) is 13.1. The third-order valence-electron chi connectivity index (χ3n) is 3.60. The van der Waals surface area contributed by atoms with E-state index in [1.54, 1.807) is 12.1 Å². The number of aromatic hydroxyl groups is 1. The van der Waals surface area contributed by atoms with Crippen molar-refractivity contribution < 1.29 is 5.11 Å². The molecule has 0 fully saturated rings. The Kier molecular flexibility index (Phi) is 3.25. The Bertz CT molecular complexity index is 807. The van der Waals surface area contributed by atoms with E-state index in [4.69, 9.17) is 0 Å². The summed E-state index contributed by atoms with van der Waals surface area (Å²) in [7, 11) is 1.84. The van der Waals surface area contributed by atoms with Crippen molar-refractivity contribution in [2.24, 2.45) is 0 Å². The Morgan fingerprint density at radius 1 is 1.14 bits per heavy atom. The number of para-hydroxylation sites is 1. The first-order valence-corrected chi connectivity index (χ1v) is 6.89. The number of imidazole rings is 1. The monoisotopic (exact) mass is 282 g/mol. The fraction of sp³-hybridized carbons (Fsp3) is 0.250. The van der Waals surface area contributed by atoms with Gasteiger partial charge in [0.15, 0.2) is 0 Å². The average molecular weight is 282 g/mol. The zero-order chi connectivity index (χ0) is 15.0. The molecule has 0 aliphatic carbocycles. The van der Waals surface area contributed by atoms with E-state index in [0.29, 0.717) is 12.2 Å². The summed E-state index contributed by atoms with van der Waals surface area (Å²) in [6.45, 7) is 4.43. The summed E-state index contributed by atoms with van der Waals surface area (Å²) in [4.78, 5) is 9.05. The number of aromatic nitrogens is 3. The van der Waals surface area contributed by atoms with Gasteiger partial charge in [-0.2, -0.15) is 0 Å². The fourth-order valence-electron chi connectivity index (χ4n) is 2.51. The predicted octanol–water partition coefficient (Wildman–Crippen LogP) is 2.84. The topological polar surface area (TPSA) is 63.0 Å². The van der Waals surface area contributed by atoms with Gasteiger partial charge in [-0.15, -0.1) is 0 Å². The zero-order valence-electron chi connectivity index (χ0n) is 12.4. The van der Waals surface area contributed by atoms with Crippen molar-refractivity contribution in [3.8, 4) is 5.75 Å². The molecule has 5 heteroatoms. The molecule has 0 spiro atoms. The average Bonchev–Trinajstić information content (AvgIpc) is 2.82. The summed E-state index contributed by atoms with van der Waals surface area (Å²) in [6.07, 6.45) is 0. The second kappa shape index (κ2) is 5.09. The van der Waals surface area contributed by atoms with E-state index >= 15 is 0 Å². The molecule has 0 saturated carbocycles. The van der Waals surface area contributed by atoms with Crippen LogP contribution in [0.5, 0.6) is 5.75 Å². The van der Waals surface area contributed by atoms with Crippen LogP contribution >= 0.6 is 0 Å². The van der Waals surface area contributed by atoms with Crippen LogP contribution in [0, 0.1) is 13.8 Å². The number of fused-ring (bicyclic) bond motifs is 1. The smallest absolute Gasteiger partial charge is 0.204 e. The summed E-state index contributed by atoms with van der Waals surface area (Å²) < 4.78 is 2.03. The lowest BCUT2D eigenvalue weighted by molar-refractivity contribution is 0.461. The SMILES string of the molecule is CNc1nc2c(C)cccc2n1Cc1nc(C)ccc1O. The number of hydrogen-bond donors (Lipinski definition) is 2. The summed E-state index contributed by atoms with van der Waals surface area (Å²) in [5.41, 5.74) is 4.65. The first-order valence-electron chi connectivity index (χ1n) is 6.89. The molecular formula is C16H18N4O. The molecule has 2 N–H and O–H groups in total. The number of nitrogens with one attached hydrogen (secondary N) is 1. The van der Waals surface area contributed by atoms with Gasteiger partial charge in [0.2, 0.25) is 5.95 Å². The quantitative estimate of drug-likeness (QED) is 0.775. The van der Waals surface area contributed by atoms with Gasteiger partial charge in [0, 0.05) is 12.7 Å². The number of anilines is 1. The Morgan fingerprint density at radius 2 is 1.95 bits per heavy atom. The van der Waals surface area contributed by atoms with E-state index in [-0.39, 0.29) is 5.75 Å². The number of pyridine rings is 1. The first-order chi connectivity index (χ1) is 10.1. The Balaban J connectivity index is 2.15. The first kappa shape index (κ1) is 13.4. The van der Waals surface area contributed by atoms with Crippen LogP contribution in [-0.4, -0.2) is 26.7 Å². The minimum Gasteiger partial charge on any atom is -0.506 e. The van der Waals surface area contributed by atoms with E-state index < -0.39 is 0 Å². The molecule has 0 atom stereocenters. The van der Waals surface area contributed by atoms with Gasteiger partial charge in [-0.3, -0.25) is 4.98 Å². The molecule has 0 aliphatic heterocycles. The van der Waals surface area contributed by atoms with Gasteiger partial charge in [0.1, 0.15) is 11.4 Å². The van der Waals surface area contributed by atoms with E-state index in [2.05, 4.69) is 15.3 Å². The number of benzene rings is 1. The maximum absolute atomic E-state index is 10.0.